The van der Waals surface area contributed by atoms with E-state index in [9.17, 15) is 0 Å². The van der Waals surface area contributed by atoms with Crippen LogP contribution < -0.4 is 22.5 Å². The van der Waals surface area contributed by atoms with Gasteiger partial charge in [0.1, 0.15) is 0 Å². The molecular weight excluding hydrogens is 596 g/mol. The molecule has 4 fully saturated rings. The second-order valence-corrected chi connectivity index (χ2v) is 17.1. The van der Waals surface area contributed by atoms with Crippen molar-refractivity contribution in [2.45, 2.75) is 162 Å². The highest BCUT2D eigenvalue weighted by Gasteiger charge is 2.66. The second kappa shape index (κ2) is 20.7. The molecule has 4 aliphatic rings. The number of fused-ring (bicyclic) bond motifs is 5. The Morgan fingerprint density at radius 3 is 2.10 bits per heavy atom. The molecule has 4 saturated carbocycles. The molecule has 0 radical (unpaired) electrons. The van der Waals surface area contributed by atoms with Crippen molar-refractivity contribution < 1.29 is 14.2 Å². The summed E-state index contributed by atoms with van der Waals surface area (Å²) >= 11 is 0. The van der Waals surface area contributed by atoms with E-state index in [2.05, 4.69) is 33.0 Å². The normalized spacial score (nSPS) is 36.8. The van der Waals surface area contributed by atoms with Crippen LogP contribution in [0.15, 0.2) is 0 Å². The van der Waals surface area contributed by atoms with Gasteiger partial charge in [0.25, 0.3) is 0 Å². The minimum atomic E-state index is 0.183. The summed E-state index contributed by atoms with van der Waals surface area (Å²) in [5.41, 5.74) is 18.3. The van der Waals surface area contributed by atoms with Crippen LogP contribution in [0.4, 0.5) is 0 Å². The van der Waals surface area contributed by atoms with Crippen LogP contribution >= 0.6 is 0 Å². The highest BCUT2D eigenvalue weighted by Crippen LogP contribution is 2.69. The van der Waals surface area contributed by atoms with Gasteiger partial charge in [-0.1, -0.05) is 59.8 Å². The Balaban J connectivity index is 1.46. The highest BCUT2D eigenvalue weighted by molar-refractivity contribution is 5.15. The van der Waals surface area contributed by atoms with Gasteiger partial charge in [-0.3, -0.25) is 0 Å². The van der Waals surface area contributed by atoms with Crippen LogP contribution in [0, 0.1) is 46.3 Å². The number of hydrogen-bond acceptors (Lipinski definition) is 7. The van der Waals surface area contributed by atoms with Gasteiger partial charge < -0.3 is 36.7 Å². The molecule has 4 aliphatic carbocycles. The summed E-state index contributed by atoms with van der Waals surface area (Å²) in [4.78, 5) is 0. The lowest BCUT2D eigenvalue weighted by molar-refractivity contribution is -0.227. The fourth-order valence-electron chi connectivity index (χ4n) is 11.5. The third-order valence-corrected chi connectivity index (χ3v) is 14.2. The van der Waals surface area contributed by atoms with Crippen molar-refractivity contribution >= 4 is 0 Å². The predicted octanol–water partition coefficient (Wildman–Crippen LogP) is 7.43. The molecule has 48 heavy (non-hydrogen) atoms. The summed E-state index contributed by atoms with van der Waals surface area (Å²) in [6, 6.07) is 0. The molecule has 7 nitrogen and oxygen atoms in total. The monoisotopic (exact) mass is 677 g/mol. The quantitative estimate of drug-likeness (QED) is 0.0786. The number of rotatable bonds is 24. The Morgan fingerprint density at radius 2 is 1.38 bits per heavy atom. The van der Waals surface area contributed by atoms with Gasteiger partial charge in [-0.05, 0) is 157 Å². The van der Waals surface area contributed by atoms with Gasteiger partial charge in [0, 0.05) is 25.2 Å². The summed E-state index contributed by atoms with van der Waals surface area (Å²) in [6.07, 6.45) is 23.2. The van der Waals surface area contributed by atoms with Gasteiger partial charge in [-0.15, -0.1) is 0 Å². The average Bonchev–Trinajstić information content (AvgIpc) is 3.44. The molecule has 7 N–H and O–H groups in total. The molecule has 0 aliphatic heterocycles. The molecule has 0 aromatic carbocycles. The van der Waals surface area contributed by atoms with E-state index < -0.39 is 0 Å². The number of nitrogens with one attached hydrogen (secondary N) is 1. The van der Waals surface area contributed by atoms with Crippen LogP contribution in [0.25, 0.3) is 0 Å². The van der Waals surface area contributed by atoms with Crippen molar-refractivity contribution in [3.05, 3.63) is 0 Å². The fourth-order valence-corrected chi connectivity index (χ4v) is 11.5. The van der Waals surface area contributed by atoms with Crippen molar-refractivity contribution in [3.63, 3.8) is 0 Å². The Bertz CT molecular complexity index is 879. The van der Waals surface area contributed by atoms with E-state index in [-0.39, 0.29) is 5.41 Å². The number of nitrogens with two attached hydrogens (primary N) is 3. The number of unbranched alkanes of at least 4 members (excludes halogenated alkanes) is 5. The standard InChI is InChI=1S/C41H80N4O3/c1-5-6-7-8-9-10-23-45-24-11-15-31(2)34-16-17-35-39-36(30-38(41(34,35)4)48-27-14-22-44)40(3)19-18-33(46-25-12-20-42)28-32(40)29-37(39)47-26-13-21-43/h31-39,45H,5-30,42-44H2,1-4H3/t31-,32+,33-,34?,35+,36+,37-,38+,39+,40+,41-/m1/s1. The molecule has 4 rings (SSSR count). The largest absolute Gasteiger partial charge is 0.378 e. The van der Waals surface area contributed by atoms with Crippen molar-refractivity contribution in [3.8, 4) is 0 Å². The molecule has 0 aromatic rings. The first-order valence-electron chi connectivity index (χ1n) is 21.0. The van der Waals surface area contributed by atoms with Crippen LogP contribution in [0.3, 0.4) is 0 Å². The van der Waals surface area contributed by atoms with Gasteiger partial charge in [0.2, 0.25) is 0 Å². The lowest BCUT2D eigenvalue weighted by atomic mass is 9.43. The molecule has 1 unspecified atom stereocenters. The van der Waals surface area contributed by atoms with E-state index in [0.29, 0.717) is 78.9 Å². The second-order valence-electron chi connectivity index (χ2n) is 17.1. The molecule has 0 spiro atoms. The maximum atomic E-state index is 7.03. The fraction of sp³-hybridized carbons (Fsp3) is 1.00. The lowest BCUT2D eigenvalue weighted by Gasteiger charge is -2.65. The Morgan fingerprint density at radius 1 is 0.708 bits per heavy atom. The zero-order valence-electron chi connectivity index (χ0n) is 32.0. The highest BCUT2D eigenvalue weighted by atomic mass is 16.5. The van der Waals surface area contributed by atoms with Crippen LogP contribution in [0.2, 0.25) is 0 Å². The molecule has 7 heteroatoms. The third-order valence-electron chi connectivity index (χ3n) is 14.2. The summed E-state index contributed by atoms with van der Waals surface area (Å²) in [5.74, 6) is 3.92. The molecule has 282 valence electrons. The molecule has 0 saturated heterocycles. The van der Waals surface area contributed by atoms with E-state index in [1.807, 2.05) is 0 Å². The first kappa shape index (κ1) is 40.5. The topological polar surface area (TPSA) is 118 Å². The van der Waals surface area contributed by atoms with Gasteiger partial charge >= 0.3 is 0 Å². The van der Waals surface area contributed by atoms with Crippen molar-refractivity contribution in [1.82, 2.24) is 5.32 Å². The van der Waals surface area contributed by atoms with Gasteiger partial charge in [-0.25, -0.2) is 0 Å². The maximum absolute atomic E-state index is 7.03. The lowest BCUT2D eigenvalue weighted by Crippen LogP contribution is -2.63. The summed E-state index contributed by atoms with van der Waals surface area (Å²) < 4.78 is 20.4. The molecule has 0 aromatic heterocycles. The first-order valence-corrected chi connectivity index (χ1v) is 21.0. The molecule has 0 bridgehead atoms. The van der Waals surface area contributed by atoms with Gasteiger partial charge in [-0.2, -0.15) is 0 Å². The van der Waals surface area contributed by atoms with Crippen LogP contribution in [0.5, 0.6) is 0 Å². The van der Waals surface area contributed by atoms with Gasteiger partial charge in [0.15, 0.2) is 0 Å². The minimum absolute atomic E-state index is 0.183. The Kier molecular flexibility index (Phi) is 17.4. The molecule has 0 heterocycles. The van der Waals surface area contributed by atoms with E-state index in [0.717, 1.165) is 52.0 Å². The van der Waals surface area contributed by atoms with Crippen LogP contribution in [-0.2, 0) is 14.2 Å². The molecule has 0 amide bonds. The minimum Gasteiger partial charge on any atom is -0.378 e. The summed E-state index contributed by atoms with van der Waals surface area (Å²) in [7, 11) is 0. The van der Waals surface area contributed by atoms with E-state index in [1.54, 1.807) is 0 Å². The smallest absolute Gasteiger partial charge is 0.0637 e. The van der Waals surface area contributed by atoms with E-state index >= 15 is 0 Å². The zero-order valence-corrected chi connectivity index (χ0v) is 32.0. The number of ether oxygens (including phenoxy) is 3. The summed E-state index contributed by atoms with van der Waals surface area (Å²) in [5, 5.41) is 3.77. The molecule has 11 atom stereocenters. The van der Waals surface area contributed by atoms with E-state index in [4.69, 9.17) is 31.4 Å². The maximum Gasteiger partial charge on any atom is 0.0637 e. The average molecular weight is 677 g/mol. The Hall–Kier alpha value is -0.280. The number of hydrogen-bond donors (Lipinski definition) is 4. The van der Waals surface area contributed by atoms with Crippen molar-refractivity contribution in [2.24, 2.45) is 63.5 Å². The van der Waals surface area contributed by atoms with Crippen LogP contribution in [-0.4, -0.2) is 70.9 Å². The SMILES string of the molecule is CCCCCCCCNCCC[C@@H](C)C1CC[C@H]2[C@@H]3[C@H](OCCCN)C[C@@H]4C[C@H](OCCCN)CC[C@]4(C)[C@H]3C[C@H](OCCCN)[C@]12C. The van der Waals surface area contributed by atoms with E-state index in [1.165, 1.54) is 96.4 Å². The van der Waals surface area contributed by atoms with Gasteiger partial charge in [0.05, 0.1) is 18.3 Å². The first-order chi connectivity index (χ1) is 23.3. The van der Waals surface area contributed by atoms with Crippen LogP contribution in [0.1, 0.15) is 143 Å². The Labute approximate surface area is 296 Å². The van der Waals surface area contributed by atoms with Crippen molar-refractivity contribution in [2.75, 3.05) is 52.5 Å². The molecular formula is C41H80N4O3. The zero-order chi connectivity index (χ0) is 34.4. The predicted molar refractivity (Wildman–Crippen MR) is 201 cm³/mol. The van der Waals surface area contributed by atoms with Crippen molar-refractivity contribution in [1.29, 1.82) is 0 Å². The summed E-state index contributed by atoms with van der Waals surface area (Å²) in [6.45, 7) is 17.0. The third kappa shape index (κ3) is 9.98.